The topological polar surface area (TPSA) is 15.3 Å². The second kappa shape index (κ2) is 4.98. The third kappa shape index (κ3) is 3.22. The standard InChI is InChI=1S/C12H19F3N2/c1-9(10-6-16-7-10)8-17-4-2-11(3-5-17)12(13,14)15/h11,16H,2-8H2,1H3. The van der Waals surface area contributed by atoms with Crippen LogP contribution in [0.5, 0.6) is 0 Å². The van der Waals surface area contributed by atoms with Crippen LogP contribution in [0, 0.1) is 5.92 Å². The van der Waals surface area contributed by atoms with Crippen LogP contribution < -0.4 is 5.32 Å². The third-order valence-electron chi connectivity index (χ3n) is 3.79. The lowest BCUT2D eigenvalue weighted by atomic mass is 9.95. The minimum atomic E-state index is -4.00. The molecule has 0 aromatic carbocycles. The van der Waals surface area contributed by atoms with Gasteiger partial charge in [-0.1, -0.05) is 5.57 Å². The number of hydrogen-bond acceptors (Lipinski definition) is 2. The van der Waals surface area contributed by atoms with Crippen LogP contribution in [-0.4, -0.2) is 43.8 Å². The fourth-order valence-electron chi connectivity index (χ4n) is 2.42. The van der Waals surface area contributed by atoms with Gasteiger partial charge in [0.1, 0.15) is 0 Å². The van der Waals surface area contributed by atoms with Crippen LogP contribution >= 0.6 is 0 Å². The maximum atomic E-state index is 12.5. The third-order valence-corrected chi connectivity index (χ3v) is 3.79. The number of rotatable bonds is 2. The SMILES string of the molecule is CC(CN1CCC(C(F)(F)F)CC1)=C1CNC1. The van der Waals surface area contributed by atoms with E-state index < -0.39 is 12.1 Å². The molecule has 0 atom stereocenters. The molecule has 0 unspecified atom stereocenters. The summed E-state index contributed by atoms with van der Waals surface area (Å²) in [5.74, 6) is -1.09. The van der Waals surface area contributed by atoms with E-state index in [1.165, 1.54) is 11.1 Å². The van der Waals surface area contributed by atoms with Gasteiger partial charge in [0.15, 0.2) is 0 Å². The molecule has 0 aromatic rings. The Morgan fingerprint density at radius 2 is 1.88 bits per heavy atom. The lowest BCUT2D eigenvalue weighted by molar-refractivity contribution is -0.184. The zero-order valence-electron chi connectivity index (χ0n) is 10.1. The minimum absolute atomic E-state index is 0.254. The number of likely N-dealkylation sites (tertiary alicyclic amines) is 1. The predicted octanol–water partition coefficient (Wildman–Crippen LogP) is 2.18. The number of alkyl halides is 3. The molecule has 2 heterocycles. The van der Waals surface area contributed by atoms with E-state index in [1.807, 2.05) is 0 Å². The Morgan fingerprint density at radius 1 is 1.29 bits per heavy atom. The van der Waals surface area contributed by atoms with Crippen molar-refractivity contribution in [1.29, 1.82) is 0 Å². The first-order chi connectivity index (χ1) is 7.97. The molecule has 0 bridgehead atoms. The van der Waals surface area contributed by atoms with E-state index in [9.17, 15) is 13.2 Å². The number of nitrogens with zero attached hydrogens (tertiary/aromatic N) is 1. The maximum Gasteiger partial charge on any atom is 0.391 e. The largest absolute Gasteiger partial charge is 0.391 e. The van der Waals surface area contributed by atoms with Gasteiger partial charge in [0, 0.05) is 19.6 Å². The molecular weight excluding hydrogens is 229 g/mol. The van der Waals surface area contributed by atoms with E-state index in [0.717, 1.165) is 19.6 Å². The van der Waals surface area contributed by atoms with Crippen LogP contribution in [0.15, 0.2) is 11.1 Å². The van der Waals surface area contributed by atoms with Crippen molar-refractivity contribution >= 4 is 0 Å². The highest BCUT2D eigenvalue weighted by atomic mass is 19.4. The van der Waals surface area contributed by atoms with Gasteiger partial charge in [0.05, 0.1) is 5.92 Å². The van der Waals surface area contributed by atoms with Gasteiger partial charge >= 0.3 is 6.18 Å². The molecule has 0 aliphatic carbocycles. The average molecular weight is 248 g/mol. The van der Waals surface area contributed by atoms with Crippen molar-refractivity contribution in [3.8, 4) is 0 Å². The fraction of sp³-hybridized carbons (Fsp3) is 0.833. The van der Waals surface area contributed by atoms with Gasteiger partial charge in [0.2, 0.25) is 0 Å². The van der Waals surface area contributed by atoms with E-state index in [2.05, 4.69) is 17.1 Å². The van der Waals surface area contributed by atoms with Gasteiger partial charge in [-0.2, -0.15) is 13.2 Å². The molecule has 2 aliphatic rings. The second-order valence-corrected chi connectivity index (χ2v) is 5.08. The van der Waals surface area contributed by atoms with Crippen LogP contribution in [0.4, 0.5) is 13.2 Å². The highest BCUT2D eigenvalue weighted by Gasteiger charge is 2.40. The van der Waals surface area contributed by atoms with Crippen LogP contribution in [0.2, 0.25) is 0 Å². The summed E-state index contributed by atoms with van der Waals surface area (Å²) in [6, 6.07) is 0. The van der Waals surface area contributed by atoms with Crippen molar-refractivity contribution in [3.05, 3.63) is 11.1 Å². The van der Waals surface area contributed by atoms with E-state index in [-0.39, 0.29) is 12.8 Å². The summed E-state index contributed by atoms with van der Waals surface area (Å²) in [6.07, 6.45) is -3.49. The Kier molecular flexibility index (Phi) is 3.78. The van der Waals surface area contributed by atoms with E-state index in [1.54, 1.807) is 0 Å². The van der Waals surface area contributed by atoms with Gasteiger partial charge in [-0.05, 0) is 38.4 Å². The first-order valence-corrected chi connectivity index (χ1v) is 6.14. The molecule has 0 radical (unpaired) electrons. The molecule has 2 fully saturated rings. The molecule has 1 N–H and O–H groups in total. The summed E-state index contributed by atoms with van der Waals surface area (Å²) >= 11 is 0. The van der Waals surface area contributed by atoms with Crippen LogP contribution in [-0.2, 0) is 0 Å². The van der Waals surface area contributed by atoms with Crippen LogP contribution in [0.3, 0.4) is 0 Å². The molecule has 0 amide bonds. The Hall–Kier alpha value is -0.550. The zero-order valence-corrected chi connectivity index (χ0v) is 10.1. The zero-order chi connectivity index (χ0) is 12.5. The molecule has 2 saturated heterocycles. The van der Waals surface area contributed by atoms with Crippen molar-refractivity contribution in [2.75, 3.05) is 32.7 Å². The van der Waals surface area contributed by atoms with Gasteiger partial charge in [-0.15, -0.1) is 0 Å². The highest BCUT2D eigenvalue weighted by molar-refractivity contribution is 5.22. The van der Waals surface area contributed by atoms with Crippen molar-refractivity contribution in [1.82, 2.24) is 10.2 Å². The molecule has 0 spiro atoms. The molecule has 2 nitrogen and oxygen atoms in total. The summed E-state index contributed by atoms with van der Waals surface area (Å²) in [6.45, 7) is 5.97. The van der Waals surface area contributed by atoms with Crippen molar-refractivity contribution < 1.29 is 13.2 Å². The number of halogens is 3. The second-order valence-electron chi connectivity index (χ2n) is 5.08. The smallest absolute Gasteiger partial charge is 0.309 e. The highest BCUT2D eigenvalue weighted by Crippen LogP contribution is 2.34. The molecule has 2 aliphatic heterocycles. The van der Waals surface area contributed by atoms with Gasteiger partial charge < -0.3 is 5.32 Å². The molecule has 0 aromatic heterocycles. The predicted molar refractivity (Wildman–Crippen MR) is 60.8 cm³/mol. The Morgan fingerprint density at radius 3 is 2.29 bits per heavy atom. The normalized spacial score (nSPS) is 23.6. The van der Waals surface area contributed by atoms with Crippen molar-refractivity contribution in [2.24, 2.45) is 5.92 Å². The Bertz CT molecular complexity index is 295. The first kappa shape index (κ1) is 12.9. The fourth-order valence-corrected chi connectivity index (χ4v) is 2.42. The molecular formula is C12H19F3N2. The van der Waals surface area contributed by atoms with Crippen molar-refractivity contribution in [3.63, 3.8) is 0 Å². The summed E-state index contributed by atoms with van der Waals surface area (Å²) in [5.41, 5.74) is 2.75. The Balaban J connectivity index is 1.79. The molecule has 17 heavy (non-hydrogen) atoms. The number of piperidine rings is 1. The van der Waals surface area contributed by atoms with E-state index >= 15 is 0 Å². The van der Waals surface area contributed by atoms with Gasteiger partial charge in [-0.3, -0.25) is 4.90 Å². The lowest BCUT2D eigenvalue weighted by Gasteiger charge is -2.34. The molecule has 5 heteroatoms. The number of hydrogen-bond donors (Lipinski definition) is 1. The van der Waals surface area contributed by atoms with E-state index in [0.29, 0.717) is 13.1 Å². The monoisotopic (exact) mass is 248 g/mol. The molecule has 2 rings (SSSR count). The van der Waals surface area contributed by atoms with Crippen molar-refractivity contribution in [2.45, 2.75) is 25.9 Å². The lowest BCUT2D eigenvalue weighted by Crippen LogP contribution is -2.41. The quantitative estimate of drug-likeness (QED) is 0.753. The maximum absolute atomic E-state index is 12.5. The molecule has 98 valence electrons. The van der Waals surface area contributed by atoms with Crippen LogP contribution in [0.25, 0.3) is 0 Å². The summed E-state index contributed by atoms with van der Waals surface area (Å²) in [7, 11) is 0. The van der Waals surface area contributed by atoms with E-state index in [4.69, 9.17) is 0 Å². The Labute approximate surface area is 99.9 Å². The van der Waals surface area contributed by atoms with Crippen LogP contribution in [0.1, 0.15) is 19.8 Å². The summed E-state index contributed by atoms with van der Waals surface area (Å²) < 4.78 is 37.5. The van der Waals surface area contributed by atoms with Gasteiger partial charge in [0.25, 0.3) is 0 Å². The average Bonchev–Trinajstić information content (AvgIpc) is 2.13. The van der Waals surface area contributed by atoms with Gasteiger partial charge in [-0.25, -0.2) is 0 Å². The number of nitrogens with one attached hydrogen (secondary N) is 1. The minimum Gasteiger partial charge on any atom is -0.309 e. The summed E-state index contributed by atoms with van der Waals surface area (Å²) in [5, 5.41) is 3.18. The first-order valence-electron chi connectivity index (χ1n) is 6.14. The molecule has 0 saturated carbocycles. The summed E-state index contributed by atoms with van der Waals surface area (Å²) in [4.78, 5) is 2.14.